The van der Waals surface area contributed by atoms with Crippen molar-refractivity contribution in [2.45, 2.75) is 96.7 Å². The van der Waals surface area contributed by atoms with E-state index in [1.165, 1.54) is 37.7 Å². The first kappa shape index (κ1) is 20.3. The number of piperidine rings is 1. The number of aromatic amines is 1. The van der Waals surface area contributed by atoms with E-state index < -0.39 is 0 Å². The van der Waals surface area contributed by atoms with E-state index in [0.717, 1.165) is 29.0 Å². The number of likely N-dealkylation sites (tertiary alicyclic amines) is 1. The molecule has 1 aromatic heterocycles. The van der Waals surface area contributed by atoms with E-state index in [4.69, 9.17) is 4.74 Å². The van der Waals surface area contributed by atoms with Gasteiger partial charge in [-0.25, -0.2) is 0 Å². The number of ether oxygens (including phenoxy) is 1. The first-order chi connectivity index (χ1) is 14.0. The first-order valence-corrected chi connectivity index (χ1v) is 11.6. The Labute approximate surface area is 175 Å². The van der Waals surface area contributed by atoms with Gasteiger partial charge in [0.1, 0.15) is 5.75 Å². The third kappa shape index (κ3) is 4.04. The molecule has 2 bridgehead atoms. The van der Waals surface area contributed by atoms with Crippen LogP contribution in [0.2, 0.25) is 0 Å². The van der Waals surface area contributed by atoms with Crippen LogP contribution in [0.4, 0.5) is 0 Å². The number of rotatable bonds is 6. The summed E-state index contributed by atoms with van der Waals surface area (Å²) in [6.07, 6.45) is 10.1. The zero-order valence-electron chi connectivity index (χ0n) is 18.4. The summed E-state index contributed by atoms with van der Waals surface area (Å²) in [7, 11) is 0. The molecule has 1 aliphatic heterocycles. The fraction of sp³-hybridized carbons (Fsp3) is 0.640. The van der Waals surface area contributed by atoms with E-state index in [-0.39, 0.29) is 12.0 Å². The van der Waals surface area contributed by atoms with Gasteiger partial charge in [0.25, 0.3) is 0 Å². The van der Waals surface area contributed by atoms with Gasteiger partial charge < -0.3 is 14.6 Å². The highest BCUT2D eigenvalue weighted by molar-refractivity contribution is 5.90. The maximum atomic E-state index is 13.5. The summed E-state index contributed by atoms with van der Waals surface area (Å²) in [6.45, 7) is 8.53. The van der Waals surface area contributed by atoms with Crippen molar-refractivity contribution in [3.05, 3.63) is 30.0 Å². The number of nitrogens with zero attached hydrogens (tertiary/aromatic N) is 1. The fourth-order valence-corrected chi connectivity index (χ4v) is 5.69. The summed E-state index contributed by atoms with van der Waals surface area (Å²) in [6, 6.07) is 7.04. The lowest BCUT2D eigenvalue weighted by molar-refractivity contribution is -0.141. The molecule has 1 N–H and O–H groups in total. The molecule has 1 amide bonds. The molecule has 1 aliphatic carbocycles. The number of hydrogen-bond acceptors (Lipinski definition) is 2. The summed E-state index contributed by atoms with van der Waals surface area (Å²) in [4.78, 5) is 19.1. The molecule has 158 valence electrons. The Kier molecular flexibility index (Phi) is 5.89. The van der Waals surface area contributed by atoms with Crippen molar-refractivity contribution < 1.29 is 9.53 Å². The van der Waals surface area contributed by atoms with Crippen LogP contribution in [0.5, 0.6) is 5.75 Å². The van der Waals surface area contributed by atoms with Crippen LogP contribution in [-0.2, 0) is 4.79 Å². The molecule has 4 heteroatoms. The average Bonchev–Trinajstić information content (AvgIpc) is 3.12. The predicted molar refractivity (Wildman–Crippen MR) is 118 cm³/mol. The molecule has 1 aromatic carbocycles. The lowest BCUT2D eigenvalue weighted by Crippen LogP contribution is -2.53. The molecule has 0 spiro atoms. The highest BCUT2D eigenvalue weighted by Gasteiger charge is 2.39. The smallest absolute Gasteiger partial charge is 0.223 e. The van der Waals surface area contributed by atoms with E-state index in [1.54, 1.807) is 0 Å². The molecule has 4 nitrogen and oxygen atoms in total. The van der Waals surface area contributed by atoms with Crippen molar-refractivity contribution in [2.24, 2.45) is 5.92 Å². The number of fused-ring (bicyclic) bond motifs is 3. The van der Waals surface area contributed by atoms with Gasteiger partial charge >= 0.3 is 0 Å². The van der Waals surface area contributed by atoms with Crippen LogP contribution in [0, 0.1) is 5.92 Å². The summed E-state index contributed by atoms with van der Waals surface area (Å²) < 4.78 is 6.07. The largest absolute Gasteiger partial charge is 0.490 e. The highest BCUT2D eigenvalue weighted by atomic mass is 16.5. The Morgan fingerprint density at radius 3 is 2.83 bits per heavy atom. The quantitative estimate of drug-likeness (QED) is 0.649. The van der Waals surface area contributed by atoms with E-state index >= 15 is 0 Å². The molecule has 4 atom stereocenters. The van der Waals surface area contributed by atoms with Gasteiger partial charge in [0, 0.05) is 35.6 Å². The molecular formula is C25H36N2O2. The van der Waals surface area contributed by atoms with Crippen LogP contribution < -0.4 is 4.74 Å². The second-order valence-corrected chi connectivity index (χ2v) is 9.48. The number of carbonyl (C=O) groups is 1. The molecule has 0 radical (unpaired) electrons. The van der Waals surface area contributed by atoms with Crippen molar-refractivity contribution in [3.63, 3.8) is 0 Å². The number of nitrogens with one attached hydrogen (secondary N) is 1. The third-order valence-corrected chi connectivity index (χ3v) is 6.98. The van der Waals surface area contributed by atoms with Crippen LogP contribution >= 0.6 is 0 Å². The summed E-state index contributed by atoms with van der Waals surface area (Å²) >= 11 is 0. The molecule has 2 aliphatic rings. The van der Waals surface area contributed by atoms with Crippen molar-refractivity contribution in [1.29, 1.82) is 0 Å². The Morgan fingerprint density at radius 2 is 2.07 bits per heavy atom. The van der Waals surface area contributed by atoms with Gasteiger partial charge in [-0.1, -0.05) is 32.8 Å². The monoisotopic (exact) mass is 396 g/mol. The molecule has 29 heavy (non-hydrogen) atoms. The van der Waals surface area contributed by atoms with Crippen LogP contribution in [0.15, 0.2) is 24.4 Å². The van der Waals surface area contributed by atoms with Crippen LogP contribution in [0.1, 0.15) is 84.1 Å². The van der Waals surface area contributed by atoms with E-state index in [9.17, 15) is 4.79 Å². The van der Waals surface area contributed by atoms with Gasteiger partial charge in [-0.05, 0) is 69.1 Å². The number of benzene rings is 1. The molecule has 4 rings (SSSR count). The molecule has 2 aromatic rings. The maximum absolute atomic E-state index is 13.5. The molecule has 2 heterocycles. The van der Waals surface area contributed by atoms with Gasteiger partial charge in [0.05, 0.1) is 6.10 Å². The lowest BCUT2D eigenvalue weighted by Gasteiger charge is -2.48. The molecular weight excluding hydrogens is 360 g/mol. The van der Waals surface area contributed by atoms with Crippen LogP contribution in [0.3, 0.4) is 0 Å². The van der Waals surface area contributed by atoms with Gasteiger partial charge in [0.2, 0.25) is 5.91 Å². The number of amides is 1. The normalized spacial score (nSPS) is 25.4. The number of H-pyrrole nitrogens is 1. The van der Waals surface area contributed by atoms with Crippen molar-refractivity contribution in [3.8, 4) is 5.75 Å². The minimum atomic E-state index is 0.123. The van der Waals surface area contributed by atoms with E-state index in [1.807, 2.05) is 12.1 Å². The molecule has 2 fully saturated rings. The topological polar surface area (TPSA) is 45.3 Å². The first-order valence-electron chi connectivity index (χ1n) is 11.6. The summed E-state index contributed by atoms with van der Waals surface area (Å²) in [5.41, 5.74) is 2.27. The standard InChI is InChI=1S/C25H36N2O2/c1-5-19-13-18-8-6-9-20(14-18)27(19)24(28)12-17(4)21-15-26-22-10-7-11-23(25(21)22)29-16(2)3/h7,10-11,15-20,26H,5-6,8-9,12-14H2,1-4H3. The summed E-state index contributed by atoms with van der Waals surface area (Å²) in [5.74, 6) is 2.25. The zero-order chi connectivity index (χ0) is 20.5. The van der Waals surface area contributed by atoms with Crippen LogP contribution in [0.25, 0.3) is 10.9 Å². The summed E-state index contributed by atoms with van der Waals surface area (Å²) in [5, 5.41) is 1.13. The maximum Gasteiger partial charge on any atom is 0.223 e. The lowest BCUT2D eigenvalue weighted by atomic mass is 9.76. The number of carbonyl (C=O) groups excluding carboxylic acids is 1. The highest BCUT2D eigenvalue weighted by Crippen LogP contribution is 2.40. The minimum Gasteiger partial charge on any atom is -0.490 e. The molecule has 4 unspecified atom stereocenters. The van der Waals surface area contributed by atoms with Crippen LogP contribution in [-0.4, -0.2) is 34.0 Å². The van der Waals surface area contributed by atoms with E-state index in [2.05, 4.69) is 49.8 Å². The second kappa shape index (κ2) is 8.41. The van der Waals surface area contributed by atoms with E-state index in [0.29, 0.717) is 24.4 Å². The number of hydrogen-bond donors (Lipinski definition) is 1. The second-order valence-electron chi connectivity index (χ2n) is 9.48. The number of aromatic nitrogens is 1. The van der Waals surface area contributed by atoms with Crippen molar-refractivity contribution in [2.75, 3.05) is 0 Å². The van der Waals surface area contributed by atoms with Gasteiger partial charge in [-0.3, -0.25) is 4.79 Å². The Morgan fingerprint density at radius 1 is 1.24 bits per heavy atom. The van der Waals surface area contributed by atoms with Crippen molar-refractivity contribution in [1.82, 2.24) is 9.88 Å². The molecule has 1 saturated heterocycles. The van der Waals surface area contributed by atoms with Gasteiger partial charge in [0.15, 0.2) is 0 Å². The Hall–Kier alpha value is -1.97. The fourth-order valence-electron chi connectivity index (χ4n) is 5.69. The third-order valence-electron chi connectivity index (χ3n) is 6.98. The Bertz CT molecular complexity index is 854. The van der Waals surface area contributed by atoms with Gasteiger partial charge in [-0.15, -0.1) is 0 Å². The molecule has 1 saturated carbocycles. The predicted octanol–water partition coefficient (Wildman–Crippen LogP) is 6.02. The minimum absolute atomic E-state index is 0.123. The average molecular weight is 397 g/mol. The Balaban J connectivity index is 1.56. The van der Waals surface area contributed by atoms with Gasteiger partial charge in [-0.2, -0.15) is 0 Å². The SMILES string of the molecule is CCC1CC2CCCC(C2)N1C(=O)CC(C)c1c[nH]c2cccc(OC(C)C)c12. The van der Waals surface area contributed by atoms with Crippen molar-refractivity contribution >= 4 is 16.8 Å². The zero-order valence-corrected chi connectivity index (χ0v) is 18.4.